The minimum absolute atomic E-state index is 0.614. The molecule has 2 aromatic carbocycles. The molecular weight excluding hydrogens is 368 g/mol. The Balaban J connectivity index is 1.92. The summed E-state index contributed by atoms with van der Waals surface area (Å²) in [4.78, 5) is 0. The molecule has 0 spiro atoms. The van der Waals surface area contributed by atoms with Gasteiger partial charge in [-0.25, -0.2) is 0 Å². The second-order valence-electron chi connectivity index (χ2n) is 5.45. The third-order valence-electron chi connectivity index (χ3n) is 3.93. The number of nitriles is 1. The molecule has 0 N–H and O–H groups in total. The van der Waals surface area contributed by atoms with Gasteiger partial charge in [0.15, 0.2) is 11.0 Å². The highest BCUT2D eigenvalue weighted by atomic mass is 35.5. The second-order valence-corrected chi connectivity index (χ2v) is 6.83. The van der Waals surface area contributed by atoms with Gasteiger partial charge in [0, 0.05) is 17.3 Å². The molecule has 0 unspecified atom stereocenters. The third-order valence-corrected chi connectivity index (χ3v) is 5.18. The number of benzene rings is 2. The zero-order chi connectivity index (χ0) is 18.5. The highest BCUT2D eigenvalue weighted by Crippen LogP contribution is 2.34. The van der Waals surface area contributed by atoms with Gasteiger partial charge in [0.25, 0.3) is 0 Å². The van der Waals surface area contributed by atoms with Crippen molar-refractivity contribution in [1.29, 1.82) is 5.26 Å². The fourth-order valence-corrected chi connectivity index (χ4v) is 3.81. The van der Waals surface area contributed by atoms with Crippen LogP contribution in [0.25, 0.3) is 11.4 Å². The van der Waals surface area contributed by atoms with Crippen LogP contribution < -0.4 is 4.74 Å². The zero-order valence-corrected chi connectivity index (χ0v) is 16.0. The van der Waals surface area contributed by atoms with E-state index >= 15 is 0 Å². The number of halogens is 1. The first kappa shape index (κ1) is 18.3. The summed E-state index contributed by atoms with van der Waals surface area (Å²) in [5.41, 5.74) is 2.46. The average molecular weight is 385 g/mol. The van der Waals surface area contributed by atoms with E-state index in [0.717, 1.165) is 16.3 Å². The van der Waals surface area contributed by atoms with Crippen LogP contribution in [0.3, 0.4) is 0 Å². The van der Waals surface area contributed by atoms with Gasteiger partial charge in [-0.2, -0.15) is 5.26 Å². The molecule has 5 nitrogen and oxygen atoms in total. The fraction of sp³-hybridized carbons (Fsp3) is 0.211. The van der Waals surface area contributed by atoms with Crippen LogP contribution in [0.1, 0.15) is 18.1 Å². The molecule has 0 aliphatic rings. The summed E-state index contributed by atoms with van der Waals surface area (Å²) in [5.74, 6) is 2.06. The van der Waals surface area contributed by atoms with Gasteiger partial charge in [-0.05, 0) is 36.8 Å². The maximum atomic E-state index is 9.23. The van der Waals surface area contributed by atoms with E-state index in [1.165, 1.54) is 0 Å². The number of ether oxygens (including phenoxy) is 1. The van der Waals surface area contributed by atoms with Gasteiger partial charge >= 0.3 is 0 Å². The van der Waals surface area contributed by atoms with E-state index in [4.69, 9.17) is 16.3 Å². The number of methoxy groups -OCH3 is 1. The molecule has 0 aliphatic carbocycles. The van der Waals surface area contributed by atoms with Crippen LogP contribution in [-0.2, 0) is 12.3 Å². The standard InChI is InChI=1S/C19H17ClN4OS/c1-3-24-18(16-10-15(20)8-9-17(16)25-2)22-23-19(24)26-12-14-7-5-4-6-13(14)11-21/h4-10H,3,12H2,1-2H3. The first-order valence-electron chi connectivity index (χ1n) is 8.05. The number of hydrogen-bond acceptors (Lipinski definition) is 5. The van der Waals surface area contributed by atoms with Crippen LogP contribution in [-0.4, -0.2) is 21.9 Å². The molecule has 0 aliphatic heterocycles. The van der Waals surface area contributed by atoms with Crippen LogP contribution in [0.4, 0.5) is 0 Å². The first-order valence-corrected chi connectivity index (χ1v) is 9.42. The van der Waals surface area contributed by atoms with E-state index in [1.54, 1.807) is 24.9 Å². The number of aromatic nitrogens is 3. The molecule has 0 atom stereocenters. The van der Waals surface area contributed by atoms with Crippen LogP contribution in [0.5, 0.6) is 5.75 Å². The Morgan fingerprint density at radius 3 is 2.77 bits per heavy atom. The van der Waals surface area contributed by atoms with Crippen molar-refractivity contribution >= 4 is 23.4 Å². The molecule has 0 fully saturated rings. The van der Waals surface area contributed by atoms with E-state index < -0.39 is 0 Å². The normalized spacial score (nSPS) is 10.5. The Labute approximate surface area is 161 Å². The molecule has 1 heterocycles. The second kappa shape index (κ2) is 8.26. The first-order chi connectivity index (χ1) is 12.7. The lowest BCUT2D eigenvalue weighted by molar-refractivity contribution is 0.416. The van der Waals surface area contributed by atoms with Crippen LogP contribution in [0, 0.1) is 11.3 Å². The molecule has 3 rings (SSSR count). The molecule has 132 valence electrons. The molecule has 0 bridgehead atoms. The minimum Gasteiger partial charge on any atom is -0.496 e. The van der Waals surface area contributed by atoms with E-state index in [0.29, 0.717) is 34.5 Å². The molecular formula is C19H17ClN4OS. The highest BCUT2D eigenvalue weighted by molar-refractivity contribution is 7.98. The topological polar surface area (TPSA) is 63.7 Å². The largest absolute Gasteiger partial charge is 0.496 e. The van der Waals surface area contributed by atoms with Crippen molar-refractivity contribution in [3.05, 3.63) is 58.6 Å². The van der Waals surface area contributed by atoms with Crippen LogP contribution in [0.2, 0.25) is 5.02 Å². The molecule has 0 saturated carbocycles. The molecule has 7 heteroatoms. The SMILES string of the molecule is CCn1c(SCc2ccccc2C#N)nnc1-c1cc(Cl)ccc1OC. The van der Waals surface area contributed by atoms with Crippen LogP contribution >= 0.6 is 23.4 Å². The summed E-state index contributed by atoms with van der Waals surface area (Å²) in [6, 6.07) is 15.2. The Morgan fingerprint density at radius 2 is 2.04 bits per heavy atom. The van der Waals surface area contributed by atoms with E-state index in [9.17, 15) is 5.26 Å². The van der Waals surface area contributed by atoms with E-state index in [1.807, 2.05) is 47.9 Å². The van der Waals surface area contributed by atoms with Gasteiger partial charge in [0.1, 0.15) is 5.75 Å². The summed E-state index contributed by atoms with van der Waals surface area (Å²) in [7, 11) is 1.62. The van der Waals surface area contributed by atoms with Gasteiger partial charge in [0.05, 0.1) is 24.3 Å². The molecule has 0 saturated heterocycles. The van der Waals surface area contributed by atoms with E-state index in [2.05, 4.69) is 16.3 Å². The molecule has 1 aromatic heterocycles. The van der Waals surface area contributed by atoms with Crippen molar-refractivity contribution in [2.45, 2.75) is 24.4 Å². The number of rotatable bonds is 6. The van der Waals surface area contributed by atoms with Gasteiger partial charge in [0.2, 0.25) is 0 Å². The third kappa shape index (κ3) is 3.69. The van der Waals surface area contributed by atoms with Gasteiger partial charge in [-0.15, -0.1) is 10.2 Å². The van der Waals surface area contributed by atoms with Crippen molar-refractivity contribution in [1.82, 2.24) is 14.8 Å². The van der Waals surface area contributed by atoms with E-state index in [-0.39, 0.29) is 0 Å². The lowest BCUT2D eigenvalue weighted by Gasteiger charge is -2.11. The van der Waals surface area contributed by atoms with Gasteiger partial charge < -0.3 is 9.30 Å². The summed E-state index contributed by atoms with van der Waals surface area (Å²) >= 11 is 7.70. The van der Waals surface area contributed by atoms with Crippen molar-refractivity contribution < 1.29 is 4.74 Å². The number of nitrogens with zero attached hydrogens (tertiary/aromatic N) is 4. The summed E-state index contributed by atoms with van der Waals surface area (Å²) in [5, 5.41) is 19.3. The number of thioether (sulfide) groups is 1. The van der Waals surface area contributed by atoms with Crippen LogP contribution in [0.15, 0.2) is 47.6 Å². The highest BCUT2D eigenvalue weighted by Gasteiger charge is 2.17. The maximum Gasteiger partial charge on any atom is 0.191 e. The van der Waals surface area contributed by atoms with Gasteiger partial charge in [-0.3, -0.25) is 0 Å². The van der Waals surface area contributed by atoms with Crippen molar-refractivity contribution in [2.75, 3.05) is 7.11 Å². The molecule has 3 aromatic rings. The maximum absolute atomic E-state index is 9.23. The summed E-state index contributed by atoms with van der Waals surface area (Å²) in [6.07, 6.45) is 0. The molecule has 0 radical (unpaired) electrons. The van der Waals surface area contributed by atoms with Crippen molar-refractivity contribution in [3.63, 3.8) is 0 Å². The Hall–Kier alpha value is -2.49. The van der Waals surface area contributed by atoms with Crippen molar-refractivity contribution in [3.8, 4) is 23.2 Å². The Bertz CT molecular complexity index is 964. The smallest absolute Gasteiger partial charge is 0.191 e. The molecule has 0 amide bonds. The Kier molecular flexibility index (Phi) is 5.82. The monoisotopic (exact) mass is 384 g/mol. The lowest BCUT2D eigenvalue weighted by Crippen LogP contribution is -2.01. The summed E-state index contributed by atoms with van der Waals surface area (Å²) in [6.45, 7) is 2.75. The van der Waals surface area contributed by atoms with Gasteiger partial charge in [-0.1, -0.05) is 41.6 Å². The Morgan fingerprint density at radius 1 is 1.23 bits per heavy atom. The zero-order valence-electron chi connectivity index (χ0n) is 14.4. The quantitative estimate of drug-likeness (QED) is 0.571. The average Bonchev–Trinajstić information content (AvgIpc) is 3.09. The minimum atomic E-state index is 0.614. The number of hydrogen-bond donors (Lipinski definition) is 0. The summed E-state index contributed by atoms with van der Waals surface area (Å²) < 4.78 is 7.46. The fourth-order valence-electron chi connectivity index (χ4n) is 2.63. The predicted octanol–water partition coefficient (Wildman–Crippen LogP) is 4.79. The molecule has 26 heavy (non-hydrogen) atoms. The van der Waals surface area contributed by atoms with Crippen molar-refractivity contribution in [2.24, 2.45) is 0 Å². The predicted molar refractivity (Wildman–Crippen MR) is 103 cm³/mol. The lowest BCUT2D eigenvalue weighted by atomic mass is 10.1.